The Bertz CT molecular complexity index is 366. The largest absolute Gasteiger partial charge is 0.496 e. The molecule has 0 atom stereocenters. The molecule has 0 bridgehead atoms. The molecule has 0 aromatic heterocycles. The highest BCUT2D eigenvalue weighted by Gasteiger charge is 2.32. The van der Waals surface area contributed by atoms with E-state index in [0.29, 0.717) is 18.5 Å². The van der Waals surface area contributed by atoms with Gasteiger partial charge in [0.2, 0.25) is 0 Å². The van der Waals surface area contributed by atoms with Gasteiger partial charge in [-0.2, -0.15) is 13.2 Å². The molecule has 0 radical (unpaired) electrons. The van der Waals surface area contributed by atoms with Crippen LogP contribution in [0.25, 0.3) is 0 Å². The molecule has 17 heavy (non-hydrogen) atoms. The molecule has 0 unspecified atom stereocenters. The van der Waals surface area contributed by atoms with Crippen LogP contribution in [0.4, 0.5) is 13.2 Å². The van der Waals surface area contributed by atoms with Crippen molar-refractivity contribution >= 4 is 0 Å². The van der Waals surface area contributed by atoms with Crippen molar-refractivity contribution < 1.29 is 22.6 Å². The minimum absolute atomic E-state index is 0.141. The minimum Gasteiger partial charge on any atom is -0.496 e. The third-order valence-electron chi connectivity index (χ3n) is 2.33. The second-order valence-corrected chi connectivity index (χ2v) is 3.40. The lowest BCUT2D eigenvalue weighted by molar-refractivity contribution is -0.137. The first kappa shape index (κ1) is 13.6. The molecule has 0 aliphatic carbocycles. The molecule has 0 saturated carbocycles. The summed E-state index contributed by atoms with van der Waals surface area (Å²) in [4.78, 5) is 0. The summed E-state index contributed by atoms with van der Waals surface area (Å²) in [6.07, 6.45) is -4.04. The number of nitrogens with two attached hydrogens (primary N) is 1. The summed E-state index contributed by atoms with van der Waals surface area (Å²) < 4.78 is 47.7. The molecule has 96 valence electrons. The van der Waals surface area contributed by atoms with Gasteiger partial charge >= 0.3 is 6.18 Å². The van der Waals surface area contributed by atoms with Crippen molar-refractivity contribution in [3.8, 4) is 11.5 Å². The Morgan fingerprint density at radius 1 is 1.12 bits per heavy atom. The van der Waals surface area contributed by atoms with E-state index in [4.69, 9.17) is 15.2 Å². The molecule has 1 rings (SSSR count). The molecule has 0 saturated heterocycles. The van der Waals surface area contributed by atoms with E-state index in [1.807, 2.05) is 0 Å². The van der Waals surface area contributed by atoms with Crippen molar-refractivity contribution in [3.05, 3.63) is 23.3 Å². The van der Waals surface area contributed by atoms with Gasteiger partial charge < -0.3 is 15.2 Å². The first-order valence-electron chi connectivity index (χ1n) is 4.96. The highest BCUT2D eigenvalue weighted by Crippen LogP contribution is 2.38. The Labute approximate surface area is 97.3 Å². The number of alkyl halides is 3. The Hall–Kier alpha value is -1.43. The fourth-order valence-corrected chi connectivity index (χ4v) is 1.54. The van der Waals surface area contributed by atoms with E-state index >= 15 is 0 Å². The van der Waals surface area contributed by atoms with Crippen LogP contribution < -0.4 is 15.2 Å². The van der Waals surface area contributed by atoms with Crippen LogP contribution in [0.5, 0.6) is 11.5 Å². The molecular formula is C11H14F3NO2. The van der Waals surface area contributed by atoms with Crippen molar-refractivity contribution in [2.45, 2.75) is 12.6 Å². The average Bonchev–Trinajstić information content (AvgIpc) is 2.28. The fourth-order valence-electron chi connectivity index (χ4n) is 1.54. The fraction of sp³-hybridized carbons (Fsp3) is 0.455. The van der Waals surface area contributed by atoms with Crippen LogP contribution in [0, 0.1) is 0 Å². The van der Waals surface area contributed by atoms with Crippen LogP contribution in [0.15, 0.2) is 12.1 Å². The third-order valence-corrected chi connectivity index (χ3v) is 2.33. The number of rotatable bonds is 4. The summed E-state index contributed by atoms with van der Waals surface area (Å²) >= 11 is 0. The molecule has 3 nitrogen and oxygen atoms in total. The highest BCUT2D eigenvalue weighted by atomic mass is 19.4. The van der Waals surface area contributed by atoms with Crippen LogP contribution in [0.3, 0.4) is 0 Å². The summed E-state index contributed by atoms with van der Waals surface area (Å²) in [6.45, 7) is 0.304. The van der Waals surface area contributed by atoms with E-state index in [1.54, 1.807) is 0 Å². The molecule has 0 spiro atoms. The van der Waals surface area contributed by atoms with Crippen molar-refractivity contribution in [1.29, 1.82) is 0 Å². The molecule has 1 aromatic rings. The van der Waals surface area contributed by atoms with Gasteiger partial charge in [-0.15, -0.1) is 0 Å². The van der Waals surface area contributed by atoms with Crippen molar-refractivity contribution in [2.24, 2.45) is 5.73 Å². The number of halogens is 3. The third kappa shape index (κ3) is 3.03. The SMILES string of the molecule is COc1cc(C(F)(F)F)cc(OC)c1CCN. The van der Waals surface area contributed by atoms with Gasteiger partial charge in [-0.25, -0.2) is 0 Å². The van der Waals surface area contributed by atoms with Gasteiger partial charge in [0, 0.05) is 5.56 Å². The highest BCUT2D eigenvalue weighted by molar-refractivity contribution is 5.49. The lowest BCUT2D eigenvalue weighted by atomic mass is 10.1. The van der Waals surface area contributed by atoms with Gasteiger partial charge in [0.15, 0.2) is 0 Å². The maximum Gasteiger partial charge on any atom is 0.416 e. The predicted octanol–water partition coefficient (Wildman–Crippen LogP) is 2.22. The minimum atomic E-state index is -4.43. The Kier molecular flexibility index (Phi) is 4.22. The first-order valence-corrected chi connectivity index (χ1v) is 4.96. The molecule has 0 fully saturated rings. The van der Waals surface area contributed by atoms with Gasteiger partial charge in [-0.05, 0) is 25.1 Å². The standard InChI is InChI=1S/C11H14F3NO2/c1-16-9-5-7(11(12,13)14)6-10(17-2)8(9)3-4-15/h5-6H,3-4,15H2,1-2H3. The van der Waals surface area contributed by atoms with Gasteiger partial charge in [-0.1, -0.05) is 0 Å². The molecule has 6 heteroatoms. The monoisotopic (exact) mass is 249 g/mol. The molecular weight excluding hydrogens is 235 g/mol. The van der Waals surface area contributed by atoms with Crippen molar-refractivity contribution in [1.82, 2.24) is 0 Å². The van der Waals surface area contributed by atoms with Crippen LogP contribution in [0.1, 0.15) is 11.1 Å². The van der Waals surface area contributed by atoms with E-state index in [2.05, 4.69) is 0 Å². The van der Waals surface area contributed by atoms with E-state index < -0.39 is 11.7 Å². The first-order chi connectivity index (χ1) is 7.93. The van der Waals surface area contributed by atoms with Crippen molar-refractivity contribution in [3.63, 3.8) is 0 Å². The lowest BCUT2D eigenvalue weighted by Gasteiger charge is -2.16. The molecule has 0 heterocycles. The van der Waals surface area contributed by atoms with Crippen LogP contribution >= 0.6 is 0 Å². The zero-order valence-corrected chi connectivity index (χ0v) is 9.60. The average molecular weight is 249 g/mol. The second-order valence-electron chi connectivity index (χ2n) is 3.40. The Balaban J connectivity index is 3.33. The van der Waals surface area contributed by atoms with Gasteiger partial charge in [0.1, 0.15) is 11.5 Å². The summed E-state index contributed by atoms with van der Waals surface area (Å²) in [6, 6.07) is 1.90. The predicted molar refractivity (Wildman–Crippen MR) is 57.3 cm³/mol. The van der Waals surface area contributed by atoms with Gasteiger partial charge in [0.05, 0.1) is 19.8 Å². The summed E-state index contributed by atoms with van der Waals surface area (Å²) in [5, 5.41) is 0. The molecule has 0 aliphatic heterocycles. The number of hydrogen-bond acceptors (Lipinski definition) is 3. The van der Waals surface area contributed by atoms with Crippen LogP contribution in [-0.4, -0.2) is 20.8 Å². The number of ether oxygens (including phenoxy) is 2. The number of benzene rings is 1. The lowest BCUT2D eigenvalue weighted by Crippen LogP contribution is -2.10. The molecule has 2 N–H and O–H groups in total. The zero-order valence-electron chi connectivity index (χ0n) is 9.60. The summed E-state index contributed by atoms with van der Waals surface area (Å²) in [5.74, 6) is 0.282. The summed E-state index contributed by atoms with van der Waals surface area (Å²) in [5.41, 5.74) is 5.15. The zero-order chi connectivity index (χ0) is 13.1. The van der Waals surface area contributed by atoms with E-state index in [1.165, 1.54) is 14.2 Å². The smallest absolute Gasteiger partial charge is 0.416 e. The van der Waals surface area contributed by atoms with E-state index in [9.17, 15) is 13.2 Å². The molecule has 1 aromatic carbocycles. The van der Waals surface area contributed by atoms with Crippen LogP contribution in [0.2, 0.25) is 0 Å². The second kappa shape index (κ2) is 5.27. The maximum absolute atomic E-state index is 12.6. The Morgan fingerprint density at radius 3 is 1.88 bits per heavy atom. The number of methoxy groups -OCH3 is 2. The quantitative estimate of drug-likeness (QED) is 0.889. The molecule has 0 aliphatic rings. The molecule has 0 amide bonds. The van der Waals surface area contributed by atoms with E-state index in [-0.39, 0.29) is 11.5 Å². The van der Waals surface area contributed by atoms with Gasteiger partial charge in [-0.3, -0.25) is 0 Å². The number of hydrogen-bond donors (Lipinski definition) is 1. The maximum atomic E-state index is 12.6. The topological polar surface area (TPSA) is 44.5 Å². The van der Waals surface area contributed by atoms with E-state index in [0.717, 1.165) is 12.1 Å². The Morgan fingerprint density at radius 2 is 1.59 bits per heavy atom. The van der Waals surface area contributed by atoms with Crippen molar-refractivity contribution in [2.75, 3.05) is 20.8 Å². The van der Waals surface area contributed by atoms with Gasteiger partial charge in [0.25, 0.3) is 0 Å². The normalized spacial score (nSPS) is 11.4. The summed E-state index contributed by atoms with van der Waals surface area (Å²) in [7, 11) is 2.63. The van der Waals surface area contributed by atoms with Crippen LogP contribution in [-0.2, 0) is 12.6 Å².